The van der Waals surface area contributed by atoms with Gasteiger partial charge in [0.15, 0.2) is 17.7 Å². The van der Waals surface area contributed by atoms with Crippen molar-refractivity contribution in [1.29, 1.82) is 0 Å². The number of nitrogens with one attached hydrogen (secondary N) is 1. The molecule has 2 bridgehead atoms. The van der Waals surface area contributed by atoms with E-state index in [9.17, 15) is 20.1 Å². The van der Waals surface area contributed by atoms with Gasteiger partial charge >= 0.3 is 0 Å². The summed E-state index contributed by atoms with van der Waals surface area (Å²) in [6.07, 6.45) is -4.15. The number of ether oxygens (including phenoxy) is 1. The van der Waals surface area contributed by atoms with Gasteiger partial charge in [-0.3, -0.25) is 4.79 Å². The molecule has 2 aliphatic heterocycles. The van der Waals surface area contributed by atoms with Crippen LogP contribution < -0.4 is 11.1 Å². The predicted molar refractivity (Wildman–Crippen MR) is 59.0 cm³/mol. The fourth-order valence-corrected chi connectivity index (χ4v) is 2.42. The van der Waals surface area contributed by atoms with E-state index in [4.69, 9.17) is 10.5 Å². The molecular formula is C9H13N5O5. The number of anilines is 1. The van der Waals surface area contributed by atoms with E-state index in [0.29, 0.717) is 0 Å². The molecule has 1 saturated heterocycles. The third kappa shape index (κ3) is 1.61. The molecule has 0 spiro atoms. The highest BCUT2D eigenvalue weighted by atomic mass is 16.6. The number of rotatable bonds is 2. The lowest BCUT2D eigenvalue weighted by Gasteiger charge is -2.24. The van der Waals surface area contributed by atoms with Crippen LogP contribution in [-0.2, 0) is 4.74 Å². The summed E-state index contributed by atoms with van der Waals surface area (Å²) in [5, 5.41) is 39.2. The lowest BCUT2D eigenvalue weighted by Crippen LogP contribution is -2.42. The van der Waals surface area contributed by atoms with Crippen molar-refractivity contribution in [2.24, 2.45) is 5.73 Å². The fourth-order valence-electron chi connectivity index (χ4n) is 2.42. The average molecular weight is 271 g/mol. The number of hydrogen-bond acceptors (Lipinski definition) is 8. The number of carbonyl (C=O) groups is 1. The van der Waals surface area contributed by atoms with Gasteiger partial charge in [0, 0.05) is 0 Å². The SMILES string of the molecule is NC(=O)c1nnn2c1N[C@@H]1O[C@@H]([C@H](O)[C@H]1O)[C@H]2CO. The van der Waals surface area contributed by atoms with Crippen molar-refractivity contribution in [1.82, 2.24) is 15.0 Å². The molecule has 0 aromatic carbocycles. The van der Waals surface area contributed by atoms with Gasteiger partial charge in [-0.05, 0) is 0 Å². The second kappa shape index (κ2) is 4.13. The molecule has 19 heavy (non-hydrogen) atoms. The minimum Gasteiger partial charge on any atom is -0.394 e. The zero-order valence-electron chi connectivity index (χ0n) is 9.67. The van der Waals surface area contributed by atoms with Crippen molar-refractivity contribution in [2.75, 3.05) is 11.9 Å². The van der Waals surface area contributed by atoms with Crippen molar-refractivity contribution in [2.45, 2.75) is 30.6 Å². The Kier molecular flexibility index (Phi) is 2.67. The summed E-state index contributed by atoms with van der Waals surface area (Å²) >= 11 is 0. The lowest BCUT2D eigenvalue weighted by molar-refractivity contribution is -0.0265. The predicted octanol–water partition coefficient (Wildman–Crippen LogP) is -3.22. The van der Waals surface area contributed by atoms with Crippen LogP contribution in [0.4, 0.5) is 5.82 Å². The van der Waals surface area contributed by atoms with Crippen LogP contribution >= 0.6 is 0 Å². The number of aliphatic hydroxyl groups is 3. The first kappa shape index (κ1) is 12.3. The molecule has 0 saturated carbocycles. The molecule has 10 nitrogen and oxygen atoms in total. The van der Waals surface area contributed by atoms with E-state index in [1.807, 2.05) is 0 Å². The quantitative estimate of drug-likeness (QED) is 0.376. The fraction of sp³-hybridized carbons (Fsp3) is 0.667. The molecular weight excluding hydrogens is 258 g/mol. The Morgan fingerprint density at radius 1 is 1.47 bits per heavy atom. The van der Waals surface area contributed by atoms with E-state index in [1.165, 1.54) is 4.68 Å². The van der Waals surface area contributed by atoms with E-state index >= 15 is 0 Å². The Labute approximate surface area is 106 Å². The molecule has 1 aromatic rings. The van der Waals surface area contributed by atoms with Crippen molar-refractivity contribution in [3.63, 3.8) is 0 Å². The Bertz CT molecular complexity index is 519. The zero-order valence-corrected chi connectivity index (χ0v) is 9.67. The van der Waals surface area contributed by atoms with E-state index in [0.717, 1.165) is 0 Å². The molecule has 3 heterocycles. The van der Waals surface area contributed by atoms with Gasteiger partial charge < -0.3 is 31.1 Å². The number of aliphatic hydroxyl groups excluding tert-OH is 3. The Balaban J connectivity index is 2.10. The number of carbonyl (C=O) groups excluding carboxylic acids is 1. The standard InChI is InChI=1S/C9H13N5O5/c10-7(18)3-8-11-9-5(17)4(16)6(19-9)2(1-15)14(8)13-12-3/h2,4-6,9,11,15-17H,1H2,(H2,10,18)/t2-,4-,5-,6-,9-/m1/s1. The number of nitrogens with two attached hydrogens (primary N) is 1. The molecule has 1 aromatic heterocycles. The summed E-state index contributed by atoms with van der Waals surface area (Å²) in [5.41, 5.74) is 5.06. The molecule has 6 N–H and O–H groups in total. The second-order valence-electron chi connectivity index (χ2n) is 4.49. The van der Waals surface area contributed by atoms with E-state index in [1.54, 1.807) is 0 Å². The van der Waals surface area contributed by atoms with Gasteiger partial charge in [-0.15, -0.1) is 5.10 Å². The van der Waals surface area contributed by atoms with Crippen LogP contribution in [0.3, 0.4) is 0 Å². The maximum absolute atomic E-state index is 11.2. The summed E-state index contributed by atoms with van der Waals surface area (Å²) in [7, 11) is 0. The summed E-state index contributed by atoms with van der Waals surface area (Å²) in [4.78, 5) is 11.2. The summed E-state index contributed by atoms with van der Waals surface area (Å²) < 4.78 is 6.65. The Morgan fingerprint density at radius 3 is 2.84 bits per heavy atom. The molecule has 0 unspecified atom stereocenters. The highest BCUT2D eigenvalue weighted by molar-refractivity contribution is 5.95. The smallest absolute Gasteiger partial charge is 0.273 e. The molecule has 5 atom stereocenters. The number of aromatic nitrogens is 3. The molecule has 2 aliphatic rings. The van der Waals surface area contributed by atoms with Gasteiger partial charge in [-0.1, -0.05) is 5.21 Å². The first-order valence-electron chi connectivity index (χ1n) is 5.68. The first-order valence-corrected chi connectivity index (χ1v) is 5.68. The summed E-state index contributed by atoms with van der Waals surface area (Å²) in [6.45, 7) is -0.405. The van der Waals surface area contributed by atoms with Gasteiger partial charge in [-0.25, -0.2) is 4.68 Å². The van der Waals surface area contributed by atoms with Crippen LogP contribution in [0.5, 0.6) is 0 Å². The molecule has 0 aliphatic carbocycles. The van der Waals surface area contributed by atoms with E-state index in [2.05, 4.69) is 15.6 Å². The van der Waals surface area contributed by atoms with Gasteiger partial charge in [0.2, 0.25) is 0 Å². The highest BCUT2D eigenvalue weighted by Crippen LogP contribution is 2.35. The van der Waals surface area contributed by atoms with E-state index < -0.39 is 43.1 Å². The molecule has 1 fully saturated rings. The number of hydrogen-bond donors (Lipinski definition) is 5. The van der Waals surface area contributed by atoms with Crippen LogP contribution in [0.2, 0.25) is 0 Å². The number of primary amides is 1. The average Bonchev–Trinajstić information content (AvgIpc) is 2.84. The van der Waals surface area contributed by atoms with Crippen molar-refractivity contribution < 1.29 is 24.9 Å². The van der Waals surface area contributed by atoms with Crippen LogP contribution in [0.1, 0.15) is 16.5 Å². The van der Waals surface area contributed by atoms with Crippen LogP contribution in [0.25, 0.3) is 0 Å². The normalized spacial score (nSPS) is 36.5. The monoisotopic (exact) mass is 271 g/mol. The molecule has 1 amide bonds. The van der Waals surface area contributed by atoms with Crippen LogP contribution in [0.15, 0.2) is 0 Å². The van der Waals surface area contributed by atoms with Crippen LogP contribution in [-0.4, -0.2) is 67.4 Å². The minimum absolute atomic E-state index is 0.115. The van der Waals surface area contributed by atoms with Gasteiger partial charge in [-0.2, -0.15) is 0 Å². The third-order valence-corrected chi connectivity index (χ3v) is 3.39. The largest absolute Gasteiger partial charge is 0.394 e. The molecule has 10 heteroatoms. The second-order valence-corrected chi connectivity index (χ2v) is 4.49. The molecule has 104 valence electrons. The highest BCUT2D eigenvalue weighted by Gasteiger charge is 2.50. The maximum atomic E-state index is 11.2. The Hall–Kier alpha value is -1.75. The van der Waals surface area contributed by atoms with E-state index in [-0.39, 0.29) is 11.5 Å². The van der Waals surface area contributed by atoms with Gasteiger partial charge in [0.25, 0.3) is 5.91 Å². The topological polar surface area (TPSA) is 156 Å². The maximum Gasteiger partial charge on any atom is 0.273 e. The summed E-state index contributed by atoms with van der Waals surface area (Å²) in [6, 6.07) is -0.778. The van der Waals surface area contributed by atoms with Crippen molar-refractivity contribution >= 4 is 11.7 Å². The molecule has 3 rings (SSSR count). The first-order chi connectivity index (χ1) is 9.04. The number of fused-ring (bicyclic) bond motifs is 3. The third-order valence-electron chi connectivity index (χ3n) is 3.39. The van der Waals surface area contributed by atoms with Crippen LogP contribution in [0, 0.1) is 0 Å². The zero-order chi connectivity index (χ0) is 13.7. The van der Waals surface area contributed by atoms with Crippen molar-refractivity contribution in [3.05, 3.63) is 5.69 Å². The lowest BCUT2D eigenvalue weighted by atomic mass is 10.0. The number of nitrogens with zero attached hydrogens (tertiary/aromatic N) is 3. The molecule has 0 radical (unpaired) electrons. The van der Waals surface area contributed by atoms with Gasteiger partial charge in [0.1, 0.15) is 24.4 Å². The number of amides is 1. The summed E-state index contributed by atoms with van der Waals surface area (Å²) in [5.74, 6) is -0.636. The minimum atomic E-state index is -1.19. The van der Waals surface area contributed by atoms with Crippen molar-refractivity contribution in [3.8, 4) is 0 Å². The Morgan fingerprint density at radius 2 is 2.21 bits per heavy atom. The van der Waals surface area contributed by atoms with Gasteiger partial charge in [0.05, 0.1) is 6.61 Å².